The van der Waals surface area contributed by atoms with Crippen molar-refractivity contribution in [2.24, 2.45) is 0 Å². The Labute approximate surface area is 638 Å². The Kier molecular flexibility index (Phi) is 14.5. The van der Waals surface area contributed by atoms with E-state index in [9.17, 15) is 0 Å². The van der Waals surface area contributed by atoms with Gasteiger partial charge < -0.3 is 9.80 Å². The van der Waals surface area contributed by atoms with Gasteiger partial charge in [0.15, 0.2) is 0 Å². The topological polar surface area (TPSA) is 6.48 Å². The largest absolute Gasteiger partial charge is 0.310 e. The van der Waals surface area contributed by atoms with Crippen molar-refractivity contribution in [3.05, 3.63) is 385 Å². The molecule has 0 bridgehead atoms. The summed E-state index contributed by atoms with van der Waals surface area (Å²) >= 11 is 0. The Morgan fingerprint density at radius 1 is 0.183 bits per heavy atom. The molecule has 0 atom stereocenters. The van der Waals surface area contributed by atoms with E-state index in [1.807, 2.05) is 0 Å². The Morgan fingerprint density at radius 3 is 0.917 bits per heavy atom. The van der Waals surface area contributed by atoms with Crippen LogP contribution >= 0.6 is 0 Å². The summed E-state index contributed by atoms with van der Waals surface area (Å²) in [5.74, 6) is 0. The molecule has 21 rings (SSSR count). The van der Waals surface area contributed by atoms with Gasteiger partial charge in [-0.3, -0.25) is 0 Å². The fraction of sp³-hybridized carbons (Fsp3) is 0.103. The molecule has 109 heavy (non-hydrogen) atoms. The minimum Gasteiger partial charge on any atom is -0.310 e. The van der Waals surface area contributed by atoms with Gasteiger partial charge in [-0.15, -0.1) is 0 Å². The van der Waals surface area contributed by atoms with Gasteiger partial charge in [-0.1, -0.05) is 284 Å². The van der Waals surface area contributed by atoms with Crippen LogP contribution in [0.3, 0.4) is 0 Å². The average Bonchev–Trinajstić information content (AvgIpc) is 1.57. The van der Waals surface area contributed by atoms with E-state index >= 15 is 0 Å². The van der Waals surface area contributed by atoms with E-state index < -0.39 is 0 Å². The van der Waals surface area contributed by atoms with Gasteiger partial charge in [-0.25, -0.2) is 0 Å². The third-order valence-electron chi connectivity index (χ3n) is 25.5. The summed E-state index contributed by atoms with van der Waals surface area (Å²) in [7, 11) is 0. The molecule has 0 saturated carbocycles. The van der Waals surface area contributed by atoms with Crippen molar-refractivity contribution in [1.29, 1.82) is 0 Å². The minimum absolute atomic E-state index is 0.177. The third-order valence-corrected chi connectivity index (χ3v) is 25.5. The second-order valence-corrected chi connectivity index (χ2v) is 31.7. The van der Waals surface area contributed by atoms with E-state index in [0.717, 1.165) is 52.5 Å². The normalized spacial score (nSPS) is 13.9. The molecule has 0 heterocycles. The summed E-state index contributed by atoms with van der Waals surface area (Å²) in [6.07, 6.45) is 1.98. The number of benzene rings is 18. The maximum atomic E-state index is 2.57. The summed E-state index contributed by atoms with van der Waals surface area (Å²) in [5.41, 5.74) is 31.7. The van der Waals surface area contributed by atoms with E-state index in [0.29, 0.717) is 0 Å². The van der Waals surface area contributed by atoms with Crippen molar-refractivity contribution in [3.8, 4) is 77.9 Å². The summed E-state index contributed by atoms with van der Waals surface area (Å²) in [6.45, 7) is 14.5. The Hall–Kier alpha value is -12.9. The summed E-state index contributed by atoms with van der Waals surface area (Å²) in [5, 5.41) is 15.7. The molecule has 18 aromatic carbocycles. The highest BCUT2D eigenvalue weighted by atomic mass is 15.1. The predicted molar refractivity (Wildman–Crippen MR) is 465 cm³/mol. The van der Waals surface area contributed by atoms with Crippen molar-refractivity contribution in [2.45, 2.75) is 70.6 Å². The average molecular weight is 1390 g/mol. The van der Waals surface area contributed by atoms with Crippen LogP contribution in [0.25, 0.3) is 143 Å². The number of anilines is 6. The molecule has 0 aromatic heterocycles. The van der Waals surface area contributed by atoms with Crippen LogP contribution in [0.2, 0.25) is 0 Å². The molecule has 518 valence electrons. The fourth-order valence-corrected chi connectivity index (χ4v) is 19.8. The van der Waals surface area contributed by atoms with E-state index in [2.05, 4.69) is 403 Å². The SMILES string of the molecule is CCC1(CC)c2cc(N(c3ccc(-c4ccccc4)cc3)c3cccc(-c4cccc(-c5ccc6c(c5)-c5ccc(N(c7ccc(-c8ccccc8)cc7)c7ccc8c(c7)C(C)(C)c7cc9c%10ccccc%10c%10ccccc%10c9cc7-8)cc5C6(C)C)c4)c3)ccc2-c2cc3c4ccccc4c4ccccc4c3cc21. The first kappa shape index (κ1) is 64.5. The highest BCUT2D eigenvalue weighted by Crippen LogP contribution is 2.59. The zero-order valence-corrected chi connectivity index (χ0v) is 62.3. The van der Waals surface area contributed by atoms with Gasteiger partial charge in [0, 0.05) is 50.4 Å². The van der Waals surface area contributed by atoms with Crippen LogP contribution in [-0.2, 0) is 16.2 Å². The van der Waals surface area contributed by atoms with E-state index in [-0.39, 0.29) is 16.2 Å². The molecule has 0 N–H and O–H groups in total. The van der Waals surface area contributed by atoms with Crippen molar-refractivity contribution in [2.75, 3.05) is 9.80 Å². The lowest BCUT2D eigenvalue weighted by atomic mass is 9.73. The van der Waals surface area contributed by atoms with Crippen LogP contribution in [0.4, 0.5) is 34.1 Å². The van der Waals surface area contributed by atoms with Gasteiger partial charge in [0.2, 0.25) is 0 Å². The Morgan fingerprint density at radius 2 is 0.468 bits per heavy atom. The summed E-state index contributed by atoms with van der Waals surface area (Å²) < 4.78 is 0. The van der Waals surface area contributed by atoms with Gasteiger partial charge in [-0.2, -0.15) is 0 Å². The highest BCUT2D eigenvalue weighted by molar-refractivity contribution is 6.28. The summed E-state index contributed by atoms with van der Waals surface area (Å²) in [6, 6.07) is 133. The predicted octanol–water partition coefficient (Wildman–Crippen LogP) is 29.9. The highest BCUT2D eigenvalue weighted by Gasteiger charge is 2.43. The van der Waals surface area contributed by atoms with Crippen LogP contribution in [-0.4, -0.2) is 0 Å². The standard InChI is InChI=1S/C107H80N2/c1-7-107(8-2)103-62-80(52-55-91(103)98-64-93-86-38-20-16-34-82(86)84-36-18-22-40-88(84)95(93)66-104(98)107)108(75-46-41-69(42-47-75)67-25-11-9-12-26-67)77-32-24-31-73(58-77)71-29-23-30-72(57-71)74-45-56-99-96(59-74)89-53-50-78(60-100(89)105(99,3)4)109(76-48-43-70(44-49-76)68-27-13-10-14-28-68)79-51-54-90-97-63-92-85-37-19-15-33-81(85)83-35-17-21-39-87(83)94(92)65-102(97)106(5,6)101(90)61-79/h9-66H,7-8H2,1-6H3. The molecule has 3 aliphatic rings. The quantitative estimate of drug-likeness (QED) is 0.113. The molecule has 0 saturated heterocycles. The number of hydrogen-bond donors (Lipinski definition) is 0. The van der Waals surface area contributed by atoms with Gasteiger partial charge in [-0.05, 0) is 298 Å². The molecule has 2 nitrogen and oxygen atoms in total. The van der Waals surface area contributed by atoms with Crippen LogP contribution in [0, 0.1) is 0 Å². The number of nitrogens with zero attached hydrogens (tertiary/aromatic N) is 2. The zero-order valence-electron chi connectivity index (χ0n) is 62.3. The van der Waals surface area contributed by atoms with Crippen molar-refractivity contribution < 1.29 is 0 Å². The smallest absolute Gasteiger partial charge is 0.0467 e. The lowest BCUT2D eigenvalue weighted by molar-refractivity contribution is 0.491. The number of rotatable bonds is 12. The fourth-order valence-electron chi connectivity index (χ4n) is 19.8. The van der Waals surface area contributed by atoms with Gasteiger partial charge >= 0.3 is 0 Å². The monoisotopic (exact) mass is 1390 g/mol. The van der Waals surface area contributed by atoms with E-state index in [1.54, 1.807) is 0 Å². The maximum absolute atomic E-state index is 2.57. The molecule has 0 radical (unpaired) electrons. The maximum Gasteiger partial charge on any atom is 0.0467 e. The zero-order chi connectivity index (χ0) is 73.0. The minimum atomic E-state index is -0.271. The molecule has 0 fully saturated rings. The first-order valence-corrected chi connectivity index (χ1v) is 38.9. The molecule has 0 spiro atoms. The third kappa shape index (κ3) is 9.87. The molecule has 0 unspecified atom stereocenters. The first-order valence-electron chi connectivity index (χ1n) is 38.9. The van der Waals surface area contributed by atoms with Crippen LogP contribution < -0.4 is 9.80 Å². The molecular formula is C107H80N2. The molecule has 3 aliphatic carbocycles. The second kappa shape index (κ2) is 24.6. The van der Waals surface area contributed by atoms with Gasteiger partial charge in [0.05, 0.1) is 0 Å². The van der Waals surface area contributed by atoms with Gasteiger partial charge in [0.1, 0.15) is 0 Å². The molecule has 18 aromatic rings. The lowest BCUT2D eigenvalue weighted by Crippen LogP contribution is -2.23. The number of hydrogen-bond acceptors (Lipinski definition) is 2. The second-order valence-electron chi connectivity index (χ2n) is 31.7. The van der Waals surface area contributed by atoms with Crippen molar-refractivity contribution in [3.63, 3.8) is 0 Å². The molecule has 2 heteroatoms. The van der Waals surface area contributed by atoms with Crippen LogP contribution in [0.5, 0.6) is 0 Å². The number of fused-ring (bicyclic) bond motifs is 21. The van der Waals surface area contributed by atoms with E-state index in [4.69, 9.17) is 0 Å². The lowest BCUT2D eigenvalue weighted by Gasteiger charge is -2.32. The molecule has 0 aliphatic heterocycles. The van der Waals surface area contributed by atoms with E-state index in [1.165, 1.54) is 170 Å². The first-order chi connectivity index (χ1) is 53.4. The summed E-state index contributed by atoms with van der Waals surface area (Å²) in [4.78, 5) is 4.98. The Bertz CT molecular complexity index is 6790. The van der Waals surface area contributed by atoms with Crippen LogP contribution in [0.15, 0.2) is 352 Å². The molecule has 0 amide bonds. The Balaban J connectivity index is 0.641. The van der Waals surface area contributed by atoms with Crippen molar-refractivity contribution >= 4 is 98.8 Å². The molecular weight excluding hydrogens is 1310 g/mol. The van der Waals surface area contributed by atoms with Crippen LogP contribution in [0.1, 0.15) is 87.8 Å². The van der Waals surface area contributed by atoms with Gasteiger partial charge in [0.25, 0.3) is 0 Å². The van der Waals surface area contributed by atoms with Crippen molar-refractivity contribution in [1.82, 2.24) is 0 Å².